The lowest BCUT2D eigenvalue weighted by Crippen LogP contribution is -2.29. The molecule has 0 spiro atoms. The van der Waals surface area contributed by atoms with Gasteiger partial charge in [-0.3, -0.25) is 9.48 Å². The third-order valence-corrected chi connectivity index (χ3v) is 5.12. The van der Waals surface area contributed by atoms with Gasteiger partial charge >= 0.3 is 0 Å². The maximum Gasteiger partial charge on any atom is 0.247 e. The molecule has 0 bridgehead atoms. The molecule has 0 radical (unpaired) electrons. The van der Waals surface area contributed by atoms with Crippen LogP contribution in [0.2, 0.25) is 0 Å². The van der Waals surface area contributed by atoms with Gasteiger partial charge in [-0.2, -0.15) is 10.4 Å². The highest BCUT2D eigenvalue weighted by molar-refractivity contribution is 7.19. The van der Waals surface area contributed by atoms with E-state index in [1.165, 1.54) is 0 Å². The van der Waals surface area contributed by atoms with Crippen molar-refractivity contribution in [2.75, 3.05) is 6.54 Å². The number of rotatable bonds is 2. The van der Waals surface area contributed by atoms with Crippen molar-refractivity contribution in [1.82, 2.24) is 19.7 Å². The van der Waals surface area contributed by atoms with E-state index in [-0.39, 0.29) is 5.91 Å². The van der Waals surface area contributed by atoms with Crippen molar-refractivity contribution in [1.29, 1.82) is 5.26 Å². The average Bonchev–Trinajstić information content (AvgIpc) is 3.17. The molecule has 0 saturated carbocycles. The molecule has 4 rings (SSSR count). The molecule has 1 aliphatic rings. The van der Waals surface area contributed by atoms with E-state index in [9.17, 15) is 4.79 Å². The monoisotopic (exact) mass is 349 g/mol. The Hall–Kier alpha value is -2.98. The third kappa shape index (κ3) is 3.16. The minimum Gasteiger partial charge on any atom is -0.333 e. The maximum absolute atomic E-state index is 12.5. The number of hydrogen-bond acceptors (Lipinski definition) is 5. The van der Waals surface area contributed by atoms with Gasteiger partial charge in [0.1, 0.15) is 11.1 Å². The Morgan fingerprint density at radius 3 is 3.04 bits per heavy atom. The van der Waals surface area contributed by atoms with Gasteiger partial charge in [-0.15, -0.1) is 11.3 Å². The molecule has 0 unspecified atom stereocenters. The molecule has 1 aromatic carbocycles. The Labute approximate surface area is 148 Å². The Morgan fingerprint density at radius 1 is 1.32 bits per heavy atom. The predicted molar refractivity (Wildman–Crippen MR) is 95.6 cm³/mol. The van der Waals surface area contributed by atoms with Gasteiger partial charge in [-0.1, -0.05) is 12.1 Å². The summed E-state index contributed by atoms with van der Waals surface area (Å²) >= 11 is 1.57. The molecule has 1 amide bonds. The fourth-order valence-electron chi connectivity index (χ4n) is 2.91. The van der Waals surface area contributed by atoms with Crippen molar-refractivity contribution in [3.63, 3.8) is 0 Å². The van der Waals surface area contributed by atoms with E-state index in [2.05, 4.69) is 16.2 Å². The number of nitrogens with zero attached hydrogens (tertiary/aromatic N) is 5. The lowest BCUT2D eigenvalue weighted by molar-refractivity contribution is -0.126. The number of fused-ring (bicyclic) bond motifs is 2. The molecule has 0 atom stereocenters. The normalized spacial score (nSPS) is 14.4. The van der Waals surface area contributed by atoms with E-state index < -0.39 is 0 Å². The second-order valence-electron chi connectivity index (χ2n) is 5.82. The van der Waals surface area contributed by atoms with Crippen LogP contribution in [0.4, 0.5) is 0 Å². The van der Waals surface area contributed by atoms with Gasteiger partial charge in [-0.25, -0.2) is 4.98 Å². The number of para-hydroxylation sites is 1. The van der Waals surface area contributed by atoms with E-state index in [0.717, 1.165) is 33.9 Å². The van der Waals surface area contributed by atoms with Crippen LogP contribution in [0, 0.1) is 11.3 Å². The summed E-state index contributed by atoms with van der Waals surface area (Å²) < 4.78 is 2.93. The highest BCUT2D eigenvalue weighted by atomic mass is 32.1. The van der Waals surface area contributed by atoms with Crippen LogP contribution in [0.3, 0.4) is 0 Å². The minimum atomic E-state index is -0.0487. The molecule has 0 fully saturated rings. The number of nitriles is 1. The first kappa shape index (κ1) is 15.5. The summed E-state index contributed by atoms with van der Waals surface area (Å²) in [6.07, 6.45) is 4.17. The molecule has 0 saturated heterocycles. The van der Waals surface area contributed by atoms with Crippen LogP contribution in [0.1, 0.15) is 22.8 Å². The third-order valence-electron chi connectivity index (χ3n) is 4.12. The van der Waals surface area contributed by atoms with E-state index >= 15 is 0 Å². The zero-order valence-corrected chi connectivity index (χ0v) is 14.2. The summed E-state index contributed by atoms with van der Waals surface area (Å²) in [6, 6.07) is 11.7. The van der Waals surface area contributed by atoms with Gasteiger partial charge in [0.2, 0.25) is 5.91 Å². The molecule has 3 heterocycles. The second-order valence-corrected chi connectivity index (χ2v) is 6.88. The zero-order chi connectivity index (χ0) is 17.2. The molecule has 25 heavy (non-hydrogen) atoms. The van der Waals surface area contributed by atoms with Gasteiger partial charge in [0.15, 0.2) is 5.69 Å². The highest BCUT2D eigenvalue weighted by Gasteiger charge is 2.19. The largest absolute Gasteiger partial charge is 0.333 e. The SMILES string of the molecule is N#Cc1cc2n(n1)CCCN(C(=O)/C=C/c1nc3ccccc3s1)C2. The molecule has 3 aromatic rings. The predicted octanol–water partition coefficient (Wildman–Crippen LogP) is 2.81. The van der Waals surface area contributed by atoms with Crippen molar-refractivity contribution in [3.8, 4) is 6.07 Å². The summed E-state index contributed by atoms with van der Waals surface area (Å²) in [4.78, 5) is 18.8. The molecular formula is C18H15N5OS. The van der Waals surface area contributed by atoms with Gasteiger partial charge in [0, 0.05) is 19.2 Å². The van der Waals surface area contributed by atoms with Crippen LogP contribution in [0.15, 0.2) is 36.4 Å². The zero-order valence-electron chi connectivity index (χ0n) is 13.4. The molecule has 7 heteroatoms. The van der Waals surface area contributed by atoms with Crippen LogP contribution < -0.4 is 0 Å². The van der Waals surface area contributed by atoms with Gasteiger partial charge in [-0.05, 0) is 30.7 Å². The first-order valence-electron chi connectivity index (χ1n) is 8.02. The fraction of sp³-hybridized carbons (Fsp3) is 0.222. The lowest BCUT2D eigenvalue weighted by atomic mass is 10.3. The second kappa shape index (κ2) is 6.49. The van der Waals surface area contributed by atoms with Crippen LogP contribution in [0.25, 0.3) is 16.3 Å². The topological polar surface area (TPSA) is 74.8 Å². The number of carbonyl (C=O) groups excluding carboxylic acids is 1. The Balaban J connectivity index is 1.51. The average molecular weight is 349 g/mol. The number of aryl methyl sites for hydroxylation is 1. The lowest BCUT2D eigenvalue weighted by Gasteiger charge is -2.17. The van der Waals surface area contributed by atoms with Crippen LogP contribution in [0.5, 0.6) is 0 Å². The first-order valence-corrected chi connectivity index (χ1v) is 8.84. The quantitative estimate of drug-likeness (QED) is 0.667. The summed E-state index contributed by atoms with van der Waals surface area (Å²) in [5.74, 6) is -0.0487. The van der Waals surface area contributed by atoms with E-state index in [1.54, 1.807) is 34.5 Å². The van der Waals surface area contributed by atoms with Crippen molar-refractivity contribution < 1.29 is 4.79 Å². The van der Waals surface area contributed by atoms with E-state index in [1.807, 2.05) is 28.9 Å². The number of amides is 1. The van der Waals surface area contributed by atoms with Crippen LogP contribution in [-0.2, 0) is 17.9 Å². The molecule has 2 aromatic heterocycles. The first-order chi connectivity index (χ1) is 12.2. The van der Waals surface area contributed by atoms with Gasteiger partial charge in [0.25, 0.3) is 0 Å². The number of aromatic nitrogens is 3. The molecule has 6 nitrogen and oxygen atoms in total. The maximum atomic E-state index is 12.5. The summed E-state index contributed by atoms with van der Waals surface area (Å²) in [6.45, 7) is 1.87. The Bertz CT molecular complexity index is 977. The van der Waals surface area contributed by atoms with Crippen LogP contribution in [-0.4, -0.2) is 32.1 Å². The molecule has 1 aliphatic heterocycles. The van der Waals surface area contributed by atoms with Crippen molar-refractivity contribution in [2.45, 2.75) is 19.5 Å². The van der Waals surface area contributed by atoms with Crippen molar-refractivity contribution in [2.24, 2.45) is 0 Å². The van der Waals surface area contributed by atoms with E-state index in [4.69, 9.17) is 5.26 Å². The smallest absolute Gasteiger partial charge is 0.247 e. The van der Waals surface area contributed by atoms with Gasteiger partial charge < -0.3 is 4.90 Å². The van der Waals surface area contributed by atoms with Crippen molar-refractivity contribution in [3.05, 3.63) is 52.8 Å². The van der Waals surface area contributed by atoms with Gasteiger partial charge in [0.05, 0.1) is 22.5 Å². The number of thiazole rings is 1. The minimum absolute atomic E-state index is 0.0487. The van der Waals surface area contributed by atoms with E-state index in [0.29, 0.717) is 18.8 Å². The van der Waals surface area contributed by atoms with Crippen molar-refractivity contribution >= 4 is 33.5 Å². The highest BCUT2D eigenvalue weighted by Crippen LogP contribution is 2.22. The fourth-order valence-corrected chi connectivity index (χ4v) is 3.78. The molecule has 0 N–H and O–H groups in total. The molecular weight excluding hydrogens is 334 g/mol. The molecule has 0 aliphatic carbocycles. The number of benzene rings is 1. The Kier molecular flexibility index (Phi) is 4.04. The summed E-state index contributed by atoms with van der Waals surface area (Å²) in [5, 5.41) is 14.0. The molecule has 124 valence electrons. The van der Waals surface area contributed by atoms with Crippen LogP contribution >= 0.6 is 11.3 Å². The standard InChI is InChI=1S/C18H15N5OS/c19-11-13-10-14-12-22(8-3-9-23(14)21-13)18(24)7-6-17-20-15-4-1-2-5-16(15)25-17/h1-2,4-7,10H,3,8-9,12H2/b7-6+. The number of carbonyl (C=O) groups is 1. The summed E-state index contributed by atoms with van der Waals surface area (Å²) in [5.41, 5.74) is 2.24. The number of hydrogen-bond donors (Lipinski definition) is 0. The summed E-state index contributed by atoms with van der Waals surface area (Å²) in [7, 11) is 0. The Morgan fingerprint density at radius 2 is 2.20 bits per heavy atom.